The fourth-order valence-corrected chi connectivity index (χ4v) is 2.28. The second kappa shape index (κ2) is 5.85. The normalized spacial score (nSPS) is 18.4. The lowest BCUT2D eigenvalue weighted by molar-refractivity contribution is -0.135. The highest BCUT2D eigenvalue weighted by Gasteiger charge is 2.35. The Morgan fingerprint density at radius 2 is 2.35 bits per heavy atom. The summed E-state index contributed by atoms with van der Waals surface area (Å²) in [6, 6.07) is 0. The van der Waals surface area contributed by atoms with E-state index in [9.17, 15) is 9.59 Å². The van der Waals surface area contributed by atoms with Crippen LogP contribution in [0, 0.1) is 12.8 Å². The predicted molar refractivity (Wildman–Crippen MR) is 70.4 cm³/mol. The quantitative estimate of drug-likeness (QED) is 0.727. The van der Waals surface area contributed by atoms with E-state index in [0.29, 0.717) is 31.0 Å². The van der Waals surface area contributed by atoms with Crippen molar-refractivity contribution < 1.29 is 14.2 Å². The minimum atomic E-state index is -0.299. The molecule has 1 aromatic heterocycles. The van der Waals surface area contributed by atoms with Crippen molar-refractivity contribution in [2.75, 3.05) is 20.1 Å². The van der Waals surface area contributed by atoms with Crippen LogP contribution in [0.1, 0.15) is 17.8 Å². The van der Waals surface area contributed by atoms with Gasteiger partial charge in [-0.1, -0.05) is 16.4 Å². The van der Waals surface area contributed by atoms with Gasteiger partial charge >= 0.3 is 0 Å². The van der Waals surface area contributed by atoms with Crippen LogP contribution >= 0.6 is 0 Å². The summed E-state index contributed by atoms with van der Waals surface area (Å²) in [6.07, 6.45) is 1.92. The summed E-state index contributed by atoms with van der Waals surface area (Å²) >= 11 is 0. The minimum absolute atomic E-state index is 0.00377. The van der Waals surface area contributed by atoms with Gasteiger partial charge in [-0.05, 0) is 6.92 Å². The van der Waals surface area contributed by atoms with Gasteiger partial charge in [0.25, 0.3) is 0 Å². The summed E-state index contributed by atoms with van der Waals surface area (Å²) in [5.74, 6) is -0.365. The van der Waals surface area contributed by atoms with Crippen LogP contribution in [0.5, 0.6) is 0 Å². The van der Waals surface area contributed by atoms with E-state index in [4.69, 9.17) is 0 Å². The van der Waals surface area contributed by atoms with Crippen LogP contribution in [0.25, 0.3) is 0 Å². The summed E-state index contributed by atoms with van der Waals surface area (Å²) < 4.78 is 4.61. The Labute approximate surface area is 117 Å². The molecule has 0 saturated carbocycles. The van der Waals surface area contributed by atoms with Crippen molar-refractivity contribution in [3.05, 3.63) is 24.0 Å². The molecule has 1 aliphatic heterocycles. The van der Waals surface area contributed by atoms with Gasteiger partial charge in [0.2, 0.25) is 11.8 Å². The van der Waals surface area contributed by atoms with Gasteiger partial charge in [0.05, 0.1) is 12.5 Å². The van der Waals surface area contributed by atoms with E-state index in [2.05, 4.69) is 21.5 Å². The minimum Gasteiger partial charge on any atom is -0.339 e. The molecule has 7 nitrogen and oxygen atoms in total. The molecule has 1 saturated heterocycles. The first-order valence-corrected chi connectivity index (χ1v) is 6.44. The molecule has 7 heteroatoms. The molecular weight excluding hydrogens is 260 g/mol. The van der Waals surface area contributed by atoms with Crippen molar-refractivity contribution >= 4 is 11.8 Å². The number of carbonyl (C=O) groups excluding carboxylic acids is 2. The monoisotopic (exact) mass is 278 g/mol. The molecule has 1 aliphatic rings. The first kappa shape index (κ1) is 14.2. The van der Waals surface area contributed by atoms with Crippen LogP contribution in [-0.4, -0.2) is 52.1 Å². The number of carbonyl (C=O) groups is 2. The van der Waals surface area contributed by atoms with Gasteiger partial charge in [0, 0.05) is 26.6 Å². The molecule has 0 aliphatic carbocycles. The van der Waals surface area contributed by atoms with Gasteiger partial charge < -0.3 is 9.80 Å². The summed E-state index contributed by atoms with van der Waals surface area (Å²) in [5.41, 5.74) is 1.30. The topological polar surface area (TPSA) is 79.5 Å². The lowest BCUT2D eigenvalue weighted by atomic mass is 10.1. The standard InChI is InChI=1S/C13H18N4O3/c1-4-5-17-7-10(6-12(17)18)13(19)16(3)8-11-9(2)14-20-15-11/h4,10H,1,5-8H2,2-3H3/t10-/m0/s1. The van der Waals surface area contributed by atoms with Gasteiger partial charge in [0.15, 0.2) is 0 Å². The molecule has 0 spiro atoms. The number of nitrogens with zero attached hydrogens (tertiary/aromatic N) is 4. The Bertz CT molecular complexity index is 525. The number of hydrogen-bond donors (Lipinski definition) is 0. The molecule has 0 radical (unpaired) electrons. The van der Waals surface area contributed by atoms with E-state index in [1.165, 1.54) is 0 Å². The molecule has 108 valence electrons. The average Bonchev–Trinajstić information content (AvgIpc) is 2.97. The third-order valence-corrected chi connectivity index (χ3v) is 3.42. The maximum absolute atomic E-state index is 12.3. The summed E-state index contributed by atoms with van der Waals surface area (Å²) in [4.78, 5) is 27.3. The fraction of sp³-hybridized carbons (Fsp3) is 0.538. The second-order valence-electron chi connectivity index (χ2n) is 4.98. The largest absolute Gasteiger partial charge is 0.339 e. The van der Waals surface area contributed by atoms with E-state index >= 15 is 0 Å². The van der Waals surface area contributed by atoms with Crippen molar-refractivity contribution in [2.24, 2.45) is 5.92 Å². The number of hydrogen-bond acceptors (Lipinski definition) is 5. The smallest absolute Gasteiger partial charge is 0.228 e. The highest BCUT2D eigenvalue weighted by Crippen LogP contribution is 2.20. The molecule has 2 heterocycles. The zero-order valence-electron chi connectivity index (χ0n) is 11.7. The van der Waals surface area contributed by atoms with Crippen LogP contribution in [0.3, 0.4) is 0 Å². The lowest BCUT2D eigenvalue weighted by Crippen LogP contribution is -2.34. The van der Waals surface area contributed by atoms with Crippen LogP contribution in [0.4, 0.5) is 0 Å². The van der Waals surface area contributed by atoms with Crippen molar-refractivity contribution in [3.63, 3.8) is 0 Å². The fourth-order valence-electron chi connectivity index (χ4n) is 2.28. The van der Waals surface area contributed by atoms with E-state index < -0.39 is 0 Å². The van der Waals surface area contributed by atoms with Crippen molar-refractivity contribution in [3.8, 4) is 0 Å². The van der Waals surface area contributed by atoms with Crippen molar-refractivity contribution in [2.45, 2.75) is 19.9 Å². The number of rotatable bonds is 5. The molecule has 0 N–H and O–H groups in total. The van der Waals surface area contributed by atoms with E-state index in [-0.39, 0.29) is 24.2 Å². The summed E-state index contributed by atoms with van der Waals surface area (Å²) in [5, 5.41) is 7.43. The molecule has 20 heavy (non-hydrogen) atoms. The molecule has 2 amide bonds. The highest BCUT2D eigenvalue weighted by molar-refractivity contribution is 5.89. The zero-order valence-corrected chi connectivity index (χ0v) is 11.7. The van der Waals surface area contributed by atoms with E-state index in [1.54, 1.807) is 29.8 Å². The third-order valence-electron chi connectivity index (χ3n) is 3.42. The van der Waals surface area contributed by atoms with Gasteiger partial charge in [-0.25, -0.2) is 4.63 Å². The second-order valence-corrected chi connectivity index (χ2v) is 4.98. The van der Waals surface area contributed by atoms with Crippen LogP contribution in [0.2, 0.25) is 0 Å². The maximum Gasteiger partial charge on any atom is 0.228 e. The summed E-state index contributed by atoms with van der Waals surface area (Å²) in [7, 11) is 1.69. The number of aryl methyl sites for hydroxylation is 1. The SMILES string of the molecule is C=CCN1C[C@@H](C(=O)N(C)Cc2nonc2C)CC1=O. The van der Waals surface area contributed by atoms with Gasteiger partial charge in [-0.15, -0.1) is 6.58 Å². The zero-order chi connectivity index (χ0) is 14.7. The molecule has 2 rings (SSSR count). The van der Waals surface area contributed by atoms with Crippen molar-refractivity contribution in [1.29, 1.82) is 0 Å². The number of likely N-dealkylation sites (tertiary alicyclic amines) is 1. The Kier molecular flexibility index (Phi) is 4.16. The lowest BCUT2D eigenvalue weighted by Gasteiger charge is -2.20. The van der Waals surface area contributed by atoms with Gasteiger partial charge in [-0.3, -0.25) is 9.59 Å². The molecule has 0 bridgehead atoms. The van der Waals surface area contributed by atoms with Crippen LogP contribution < -0.4 is 0 Å². The Morgan fingerprint density at radius 1 is 1.60 bits per heavy atom. The Balaban J connectivity index is 1.96. The highest BCUT2D eigenvalue weighted by atomic mass is 16.6. The van der Waals surface area contributed by atoms with Crippen molar-refractivity contribution in [1.82, 2.24) is 20.1 Å². The summed E-state index contributed by atoms with van der Waals surface area (Å²) in [6.45, 7) is 6.65. The first-order chi connectivity index (χ1) is 9.52. The number of aromatic nitrogens is 2. The molecule has 1 aromatic rings. The molecule has 1 fully saturated rings. The maximum atomic E-state index is 12.3. The average molecular weight is 278 g/mol. The Hall–Kier alpha value is -2.18. The first-order valence-electron chi connectivity index (χ1n) is 6.44. The Morgan fingerprint density at radius 3 is 2.95 bits per heavy atom. The van der Waals surface area contributed by atoms with Gasteiger partial charge in [-0.2, -0.15) is 0 Å². The molecule has 0 unspecified atom stereocenters. The van der Waals surface area contributed by atoms with Gasteiger partial charge in [0.1, 0.15) is 11.4 Å². The molecule has 0 aromatic carbocycles. The van der Waals surface area contributed by atoms with E-state index in [0.717, 1.165) is 0 Å². The third kappa shape index (κ3) is 2.87. The molecular formula is C13H18N4O3. The predicted octanol–water partition coefficient (Wildman–Crippen LogP) is 0.371. The van der Waals surface area contributed by atoms with E-state index in [1.807, 2.05) is 0 Å². The number of amides is 2. The van der Waals surface area contributed by atoms with Crippen LogP contribution in [-0.2, 0) is 16.1 Å². The van der Waals surface area contributed by atoms with Crippen LogP contribution in [0.15, 0.2) is 17.3 Å². The molecule has 1 atom stereocenters.